The minimum Gasteiger partial charge on any atom is -0.338 e. The van der Waals surface area contributed by atoms with Crippen molar-refractivity contribution in [3.63, 3.8) is 0 Å². The third-order valence-corrected chi connectivity index (χ3v) is 2.37. The van der Waals surface area contributed by atoms with Crippen molar-refractivity contribution in [3.05, 3.63) is 0 Å². The first-order valence-electron chi connectivity index (χ1n) is 3.86. The van der Waals surface area contributed by atoms with E-state index < -0.39 is 4.84 Å². The summed E-state index contributed by atoms with van der Waals surface area (Å²) in [6.07, 6.45) is 0. The van der Waals surface area contributed by atoms with Crippen LogP contribution in [0.2, 0.25) is 0 Å². The van der Waals surface area contributed by atoms with Gasteiger partial charge in [0.1, 0.15) is 0 Å². The number of halogens is 3. The van der Waals surface area contributed by atoms with Crippen LogP contribution in [0.3, 0.4) is 0 Å². The molecule has 0 aromatic rings. The van der Waals surface area contributed by atoms with E-state index in [1.165, 1.54) is 0 Å². The molecule has 0 aliphatic carbocycles. The van der Waals surface area contributed by atoms with Gasteiger partial charge >= 0.3 is 0 Å². The maximum absolute atomic E-state index is 11.2. The minimum atomic E-state index is -0.909. The van der Waals surface area contributed by atoms with Crippen molar-refractivity contribution < 1.29 is 4.79 Å². The van der Waals surface area contributed by atoms with Crippen molar-refractivity contribution >= 4 is 41.5 Å². The van der Waals surface area contributed by atoms with E-state index in [9.17, 15) is 4.79 Å². The van der Waals surface area contributed by atoms with Crippen molar-refractivity contribution in [1.82, 2.24) is 9.80 Å². The van der Waals surface area contributed by atoms with Gasteiger partial charge in [0, 0.05) is 26.2 Å². The molecule has 0 aromatic heterocycles. The summed E-state index contributed by atoms with van der Waals surface area (Å²) < 4.78 is 0. The first-order valence-corrected chi connectivity index (χ1v) is 4.74. The summed E-state index contributed by atoms with van der Waals surface area (Å²) in [6, 6.07) is 0. The predicted molar refractivity (Wildman–Crippen MR) is 56.8 cm³/mol. The van der Waals surface area contributed by atoms with E-state index in [-0.39, 0.29) is 18.3 Å². The van der Waals surface area contributed by atoms with Crippen LogP contribution in [0.4, 0.5) is 0 Å². The zero-order chi connectivity index (χ0) is 9.14. The average Bonchev–Trinajstić information content (AvgIpc) is 2.04. The van der Waals surface area contributed by atoms with Crippen molar-refractivity contribution in [2.45, 2.75) is 4.84 Å². The number of nitrogens with zero attached hydrogens (tertiary/aromatic N) is 2. The summed E-state index contributed by atoms with van der Waals surface area (Å²) in [5.74, 6) is -0.175. The van der Waals surface area contributed by atoms with Crippen LogP contribution in [-0.4, -0.2) is 53.8 Å². The van der Waals surface area contributed by atoms with E-state index in [2.05, 4.69) is 4.90 Å². The lowest BCUT2D eigenvalue weighted by atomic mass is 10.3. The Morgan fingerprint density at radius 2 is 1.69 bits per heavy atom. The predicted octanol–water partition coefficient (Wildman–Crippen LogP) is 0.986. The van der Waals surface area contributed by atoms with Crippen LogP contribution in [0.5, 0.6) is 0 Å². The lowest BCUT2D eigenvalue weighted by Gasteiger charge is -2.32. The molecule has 1 amide bonds. The summed E-state index contributed by atoms with van der Waals surface area (Å²) in [4.78, 5) is 14.2. The highest BCUT2D eigenvalue weighted by molar-refractivity contribution is 6.53. The van der Waals surface area contributed by atoms with E-state index in [4.69, 9.17) is 23.2 Å². The molecule has 0 N–H and O–H groups in total. The van der Waals surface area contributed by atoms with Gasteiger partial charge in [-0.15, -0.1) is 12.4 Å². The number of carbonyl (C=O) groups excluding carboxylic acids is 1. The minimum absolute atomic E-state index is 0. The van der Waals surface area contributed by atoms with Gasteiger partial charge < -0.3 is 9.80 Å². The van der Waals surface area contributed by atoms with Gasteiger partial charge in [-0.3, -0.25) is 4.79 Å². The zero-order valence-corrected chi connectivity index (χ0v) is 9.70. The van der Waals surface area contributed by atoms with Crippen molar-refractivity contribution in [2.24, 2.45) is 0 Å². The van der Waals surface area contributed by atoms with Gasteiger partial charge in [-0.1, -0.05) is 23.2 Å². The summed E-state index contributed by atoms with van der Waals surface area (Å²) >= 11 is 10.9. The fourth-order valence-corrected chi connectivity index (χ4v) is 1.44. The fourth-order valence-electron chi connectivity index (χ4n) is 1.16. The Hall–Kier alpha value is 0.300. The average molecular weight is 248 g/mol. The molecule has 1 aliphatic heterocycles. The van der Waals surface area contributed by atoms with Gasteiger partial charge in [0.25, 0.3) is 5.91 Å². The quantitative estimate of drug-likeness (QED) is 0.645. The Balaban J connectivity index is 0.00000144. The van der Waals surface area contributed by atoms with E-state index >= 15 is 0 Å². The molecule has 1 fully saturated rings. The number of alkyl halides is 2. The lowest BCUT2D eigenvalue weighted by molar-refractivity contribution is -0.130. The summed E-state index contributed by atoms with van der Waals surface area (Å²) in [5.41, 5.74) is 0. The lowest BCUT2D eigenvalue weighted by Crippen LogP contribution is -2.48. The molecule has 0 spiro atoms. The standard InChI is InChI=1S/C7H12Cl2N2O.ClH/c1-10-2-4-11(5-3-10)7(12)6(8)9;/h6H,2-5H2,1H3;1H. The molecule has 78 valence electrons. The molecule has 1 rings (SSSR count). The number of carbonyl (C=O) groups is 1. The van der Waals surface area contributed by atoms with E-state index in [0.29, 0.717) is 0 Å². The number of hydrogen-bond donors (Lipinski definition) is 0. The molecular formula is C7H13Cl3N2O. The van der Waals surface area contributed by atoms with E-state index in [1.54, 1.807) is 4.90 Å². The molecular weight excluding hydrogens is 234 g/mol. The molecule has 3 nitrogen and oxygen atoms in total. The molecule has 0 radical (unpaired) electrons. The molecule has 13 heavy (non-hydrogen) atoms. The van der Waals surface area contributed by atoms with Crippen LogP contribution >= 0.6 is 35.6 Å². The van der Waals surface area contributed by atoms with Crippen molar-refractivity contribution in [1.29, 1.82) is 0 Å². The number of amides is 1. The van der Waals surface area contributed by atoms with Gasteiger partial charge in [0.2, 0.25) is 0 Å². The van der Waals surface area contributed by atoms with E-state index in [0.717, 1.165) is 26.2 Å². The second kappa shape index (κ2) is 5.91. The van der Waals surface area contributed by atoms with Crippen LogP contribution < -0.4 is 0 Å². The molecule has 1 heterocycles. The molecule has 0 unspecified atom stereocenters. The Labute approximate surface area is 94.4 Å². The highest BCUT2D eigenvalue weighted by atomic mass is 35.5. The van der Waals surface area contributed by atoms with Crippen molar-refractivity contribution in [3.8, 4) is 0 Å². The molecule has 1 saturated heterocycles. The Bertz CT molecular complexity index is 169. The third-order valence-electron chi connectivity index (χ3n) is 2.00. The van der Waals surface area contributed by atoms with Gasteiger partial charge in [-0.2, -0.15) is 0 Å². The van der Waals surface area contributed by atoms with Crippen LogP contribution in [-0.2, 0) is 4.79 Å². The third kappa shape index (κ3) is 3.90. The molecule has 0 atom stereocenters. The first kappa shape index (κ1) is 13.3. The molecule has 6 heteroatoms. The molecule has 0 bridgehead atoms. The Kier molecular flexibility index (Phi) is 6.05. The first-order chi connectivity index (χ1) is 5.61. The summed E-state index contributed by atoms with van der Waals surface area (Å²) in [5, 5.41) is 0. The second-order valence-corrected chi connectivity index (χ2v) is 4.03. The Morgan fingerprint density at radius 1 is 1.23 bits per heavy atom. The maximum Gasteiger partial charge on any atom is 0.255 e. The van der Waals surface area contributed by atoms with Gasteiger partial charge in [-0.05, 0) is 7.05 Å². The largest absolute Gasteiger partial charge is 0.338 e. The number of piperazine rings is 1. The second-order valence-electron chi connectivity index (χ2n) is 2.93. The summed E-state index contributed by atoms with van der Waals surface area (Å²) in [7, 11) is 2.03. The highest BCUT2D eigenvalue weighted by Gasteiger charge is 2.23. The van der Waals surface area contributed by atoms with Crippen LogP contribution in [0.1, 0.15) is 0 Å². The smallest absolute Gasteiger partial charge is 0.255 e. The van der Waals surface area contributed by atoms with Gasteiger partial charge in [-0.25, -0.2) is 0 Å². The van der Waals surface area contributed by atoms with Crippen LogP contribution in [0.15, 0.2) is 0 Å². The van der Waals surface area contributed by atoms with Crippen LogP contribution in [0, 0.1) is 0 Å². The number of rotatable bonds is 1. The van der Waals surface area contributed by atoms with E-state index in [1.807, 2.05) is 7.05 Å². The molecule has 0 saturated carbocycles. The fraction of sp³-hybridized carbons (Fsp3) is 0.857. The molecule has 1 aliphatic rings. The maximum atomic E-state index is 11.2. The van der Waals surface area contributed by atoms with Crippen molar-refractivity contribution in [2.75, 3.05) is 33.2 Å². The summed E-state index contributed by atoms with van der Waals surface area (Å²) in [6.45, 7) is 3.25. The van der Waals surface area contributed by atoms with Gasteiger partial charge in [0.15, 0.2) is 4.84 Å². The monoisotopic (exact) mass is 246 g/mol. The zero-order valence-electron chi connectivity index (χ0n) is 7.37. The van der Waals surface area contributed by atoms with Crippen LogP contribution in [0.25, 0.3) is 0 Å². The number of likely N-dealkylation sites (N-methyl/N-ethyl adjacent to an activating group) is 1. The normalized spacial score (nSPS) is 18.6. The highest BCUT2D eigenvalue weighted by Crippen LogP contribution is 2.09. The topological polar surface area (TPSA) is 23.6 Å². The number of hydrogen-bond acceptors (Lipinski definition) is 2. The SMILES string of the molecule is CN1CCN(C(=O)C(Cl)Cl)CC1.Cl. The molecule has 0 aromatic carbocycles. The van der Waals surface area contributed by atoms with Gasteiger partial charge in [0.05, 0.1) is 0 Å². The Morgan fingerprint density at radius 3 is 2.08 bits per heavy atom.